The second-order valence-corrected chi connectivity index (χ2v) is 4.77. The fourth-order valence-corrected chi connectivity index (χ4v) is 2.57. The summed E-state index contributed by atoms with van der Waals surface area (Å²) in [5, 5.41) is 0. The Morgan fingerprint density at radius 3 is 2.67 bits per heavy atom. The van der Waals surface area contributed by atoms with Gasteiger partial charge in [-0.3, -0.25) is 4.90 Å². The Hall–Kier alpha value is -1.20. The van der Waals surface area contributed by atoms with Gasteiger partial charge in [-0.1, -0.05) is 13.3 Å². The summed E-state index contributed by atoms with van der Waals surface area (Å²) in [4.78, 5) is 13.1. The molecule has 18 heavy (non-hydrogen) atoms. The van der Waals surface area contributed by atoms with Crippen LogP contribution in [0.25, 0.3) is 0 Å². The summed E-state index contributed by atoms with van der Waals surface area (Å²) in [6.07, 6.45) is 5.81. The van der Waals surface area contributed by atoms with Crippen LogP contribution in [-0.2, 0) is 0 Å². The lowest BCUT2D eigenvalue weighted by Gasteiger charge is -2.39. The third-order valence-electron chi connectivity index (χ3n) is 3.61. The zero-order chi connectivity index (χ0) is 12.8. The van der Waals surface area contributed by atoms with Crippen molar-refractivity contribution in [2.45, 2.75) is 25.8 Å². The van der Waals surface area contributed by atoms with E-state index in [0.29, 0.717) is 6.04 Å². The molecule has 1 unspecified atom stereocenters. The first-order valence-corrected chi connectivity index (χ1v) is 6.80. The Kier molecular flexibility index (Phi) is 4.90. The van der Waals surface area contributed by atoms with E-state index in [1.165, 1.54) is 12.8 Å². The summed E-state index contributed by atoms with van der Waals surface area (Å²) in [7, 11) is 0. The first-order valence-electron chi connectivity index (χ1n) is 6.80. The molecule has 2 heterocycles. The molecule has 2 rings (SSSR count). The summed E-state index contributed by atoms with van der Waals surface area (Å²) in [5.74, 6) is 1.03. The monoisotopic (exact) mass is 249 g/mol. The highest BCUT2D eigenvalue weighted by Crippen LogP contribution is 2.14. The highest BCUT2D eigenvalue weighted by Gasteiger charge is 2.22. The van der Waals surface area contributed by atoms with Crippen LogP contribution in [0.5, 0.6) is 0 Å². The molecule has 1 saturated heterocycles. The van der Waals surface area contributed by atoms with Gasteiger partial charge in [0.25, 0.3) is 0 Å². The van der Waals surface area contributed by atoms with Crippen LogP contribution >= 0.6 is 0 Å². The van der Waals surface area contributed by atoms with Gasteiger partial charge in [-0.05, 0) is 12.5 Å². The molecule has 1 aromatic heterocycles. The van der Waals surface area contributed by atoms with Gasteiger partial charge in [-0.25, -0.2) is 9.97 Å². The van der Waals surface area contributed by atoms with Crippen LogP contribution in [0.1, 0.15) is 19.8 Å². The molecule has 0 amide bonds. The normalized spacial score (nSPS) is 18.9. The standard InChI is InChI=1S/C13H23N5/c1-2-3-12(10-14)17-6-8-18(9-7-17)13-4-5-15-11-16-13/h4-5,11-12H,2-3,6-10,14H2,1H3. The number of rotatable bonds is 5. The van der Waals surface area contributed by atoms with Crippen molar-refractivity contribution in [3.05, 3.63) is 18.6 Å². The molecule has 1 aliphatic rings. The second kappa shape index (κ2) is 6.66. The van der Waals surface area contributed by atoms with Crippen LogP contribution in [0.3, 0.4) is 0 Å². The molecule has 5 nitrogen and oxygen atoms in total. The lowest BCUT2D eigenvalue weighted by atomic mass is 10.1. The second-order valence-electron chi connectivity index (χ2n) is 4.77. The molecule has 1 fully saturated rings. The minimum absolute atomic E-state index is 0.544. The molecular formula is C13H23N5. The van der Waals surface area contributed by atoms with E-state index in [9.17, 15) is 0 Å². The molecule has 0 radical (unpaired) electrons. The van der Waals surface area contributed by atoms with Crippen molar-refractivity contribution >= 4 is 5.82 Å². The number of hydrogen-bond acceptors (Lipinski definition) is 5. The molecule has 0 spiro atoms. The van der Waals surface area contributed by atoms with Crippen molar-refractivity contribution in [1.29, 1.82) is 0 Å². The number of nitrogens with two attached hydrogens (primary N) is 1. The van der Waals surface area contributed by atoms with Crippen LogP contribution in [0, 0.1) is 0 Å². The van der Waals surface area contributed by atoms with E-state index in [2.05, 4.69) is 26.7 Å². The highest BCUT2D eigenvalue weighted by molar-refractivity contribution is 5.36. The van der Waals surface area contributed by atoms with Gasteiger partial charge in [0.1, 0.15) is 12.1 Å². The molecule has 100 valence electrons. The molecule has 1 aromatic rings. The van der Waals surface area contributed by atoms with E-state index in [4.69, 9.17) is 5.73 Å². The predicted molar refractivity (Wildman–Crippen MR) is 73.6 cm³/mol. The van der Waals surface area contributed by atoms with Gasteiger partial charge in [0.15, 0.2) is 0 Å². The molecule has 0 aromatic carbocycles. The number of anilines is 1. The summed E-state index contributed by atoms with van der Waals surface area (Å²) in [6, 6.07) is 2.52. The van der Waals surface area contributed by atoms with Gasteiger partial charge in [-0.15, -0.1) is 0 Å². The van der Waals surface area contributed by atoms with Crippen molar-refractivity contribution in [2.75, 3.05) is 37.6 Å². The third kappa shape index (κ3) is 3.17. The topological polar surface area (TPSA) is 58.3 Å². The average Bonchev–Trinajstić information content (AvgIpc) is 2.46. The summed E-state index contributed by atoms with van der Waals surface area (Å²) < 4.78 is 0. The lowest BCUT2D eigenvalue weighted by molar-refractivity contribution is 0.179. The van der Waals surface area contributed by atoms with Crippen LogP contribution in [0.2, 0.25) is 0 Å². The SMILES string of the molecule is CCCC(CN)N1CCN(c2ccncn2)CC1. The molecule has 2 N–H and O–H groups in total. The predicted octanol–water partition coefficient (Wildman–Crippen LogP) is 0.726. The molecular weight excluding hydrogens is 226 g/mol. The van der Waals surface area contributed by atoms with Gasteiger partial charge in [-0.2, -0.15) is 0 Å². The zero-order valence-corrected chi connectivity index (χ0v) is 11.1. The van der Waals surface area contributed by atoms with Crippen molar-refractivity contribution < 1.29 is 0 Å². The summed E-state index contributed by atoms with van der Waals surface area (Å²) in [5.41, 5.74) is 5.86. The van der Waals surface area contributed by atoms with Gasteiger partial charge in [0.05, 0.1) is 0 Å². The maximum Gasteiger partial charge on any atom is 0.131 e. The minimum atomic E-state index is 0.544. The summed E-state index contributed by atoms with van der Waals surface area (Å²) in [6.45, 7) is 7.19. The van der Waals surface area contributed by atoms with E-state index >= 15 is 0 Å². The first kappa shape index (κ1) is 13.2. The summed E-state index contributed by atoms with van der Waals surface area (Å²) >= 11 is 0. The Balaban J connectivity index is 1.88. The lowest BCUT2D eigenvalue weighted by Crippen LogP contribution is -2.52. The average molecular weight is 249 g/mol. The maximum absolute atomic E-state index is 5.86. The molecule has 1 atom stereocenters. The van der Waals surface area contributed by atoms with Crippen molar-refractivity contribution in [3.63, 3.8) is 0 Å². The van der Waals surface area contributed by atoms with E-state index in [0.717, 1.165) is 38.5 Å². The molecule has 0 aliphatic carbocycles. The van der Waals surface area contributed by atoms with Crippen LogP contribution in [-0.4, -0.2) is 53.6 Å². The van der Waals surface area contributed by atoms with E-state index in [-0.39, 0.29) is 0 Å². The van der Waals surface area contributed by atoms with Crippen LogP contribution in [0.4, 0.5) is 5.82 Å². The van der Waals surface area contributed by atoms with Crippen LogP contribution in [0.15, 0.2) is 18.6 Å². The van der Waals surface area contributed by atoms with Crippen LogP contribution < -0.4 is 10.6 Å². The van der Waals surface area contributed by atoms with Crippen molar-refractivity contribution in [2.24, 2.45) is 5.73 Å². The number of aromatic nitrogens is 2. The fourth-order valence-electron chi connectivity index (χ4n) is 2.57. The Morgan fingerprint density at radius 2 is 2.11 bits per heavy atom. The Morgan fingerprint density at radius 1 is 1.33 bits per heavy atom. The van der Waals surface area contributed by atoms with Crippen molar-refractivity contribution in [3.8, 4) is 0 Å². The third-order valence-corrected chi connectivity index (χ3v) is 3.61. The molecule has 5 heteroatoms. The smallest absolute Gasteiger partial charge is 0.131 e. The largest absolute Gasteiger partial charge is 0.354 e. The van der Waals surface area contributed by atoms with E-state index in [1.54, 1.807) is 12.5 Å². The highest BCUT2D eigenvalue weighted by atomic mass is 15.3. The molecule has 1 aliphatic heterocycles. The van der Waals surface area contributed by atoms with Crippen molar-refractivity contribution in [1.82, 2.24) is 14.9 Å². The van der Waals surface area contributed by atoms with Gasteiger partial charge >= 0.3 is 0 Å². The van der Waals surface area contributed by atoms with E-state index in [1.807, 2.05) is 6.07 Å². The maximum atomic E-state index is 5.86. The van der Waals surface area contributed by atoms with E-state index < -0.39 is 0 Å². The Bertz CT molecular complexity index is 334. The number of nitrogens with zero attached hydrogens (tertiary/aromatic N) is 4. The zero-order valence-electron chi connectivity index (χ0n) is 11.1. The van der Waals surface area contributed by atoms with Gasteiger partial charge in [0, 0.05) is 45.0 Å². The molecule has 0 saturated carbocycles. The number of hydrogen-bond donors (Lipinski definition) is 1. The number of piperazine rings is 1. The Labute approximate surface area is 109 Å². The minimum Gasteiger partial charge on any atom is -0.354 e. The van der Waals surface area contributed by atoms with Gasteiger partial charge in [0.2, 0.25) is 0 Å². The quantitative estimate of drug-likeness (QED) is 0.833. The molecule has 0 bridgehead atoms. The fraction of sp³-hybridized carbons (Fsp3) is 0.692. The first-order chi connectivity index (χ1) is 8.85. The van der Waals surface area contributed by atoms with Gasteiger partial charge < -0.3 is 10.6 Å².